The van der Waals surface area contributed by atoms with Crippen LogP contribution in [-0.2, 0) is 4.74 Å². The standard InChI is InChI=1S/C15H24O.2C2H6/c1-10-5-6-15(16-11(10)2)8-12-7-13(9-15)14(12,3)4;2*1-2/h12-13H,5-9H2,1-4H3;2*1-2H3. The molecule has 0 N–H and O–H groups in total. The third-order valence-electron chi connectivity index (χ3n) is 5.84. The Morgan fingerprint density at radius 2 is 1.45 bits per heavy atom. The van der Waals surface area contributed by atoms with Crippen molar-refractivity contribution in [2.45, 2.75) is 93.1 Å². The summed E-state index contributed by atoms with van der Waals surface area (Å²) < 4.78 is 6.30. The van der Waals surface area contributed by atoms with E-state index >= 15 is 0 Å². The summed E-state index contributed by atoms with van der Waals surface area (Å²) in [6, 6.07) is 0. The Labute approximate surface area is 127 Å². The van der Waals surface area contributed by atoms with Gasteiger partial charge in [0.15, 0.2) is 0 Å². The number of allylic oxidation sites excluding steroid dienone is 2. The SMILES string of the molecule is CC.CC.CC1=C(C)OC2(CC1)CC1CC(C2)C1(C)C. The van der Waals surface area contributed by atoms with Crippen molar-refractivity contribution in [3.63, 3.8) is 0 Å². The summed E-state index contributed by atoms with van der Waals surface area (Å²) in [6.45, 7) is 17.3. The molecule has 2 bridgehead atoms. The Bertz CT molecular complexity index is 337. The van der Waals surface area contributed by atoms with Crippen LogP contribution < -0.4 is 0 Å². The van der Waals surface area contributed by atoms with Crippen LogP contribution >= 0.6 is 0 Å². The van der Waals surface area contributed by atoms with Gasteiger partial charge in [0, 0.05) is 0 Å². The Morgan fingerprint density at radius 1 is 0.950 bits per heavy atom. The van der Waals surface area contributed by atoms with Crippen LogP contribution in [-0.4, -0.2) is 5.60 Å². The normalized spacial score (nSPS) is 36.8. The molecule has 0 radical (unpaired) electrons. The first-order valence-corrected chi connectivity index (χ1v) is 8.78. The topological polar surface area (TPSA) is 9.23 Å². The second-order valence-electron chi connectivity index (χ2n) is 6.98. The van der Waals surface area contributed by atoms with Crippen LogP contribution in [0.3, 0.4) is 0 Å². The van der Waals surface area contributed by atoms with Crippen LogP contribution in [0.1, 0.15) is 87.5 Å². The fourth-order valence-corrected chi connectivity index (χ4v) is 4.14. The average Bonchev–Trinajstić information content (AvgIpc) is 2.48. The minimum absolute atomic E-state index is 0.229. The first kappa shape index (κ1) is 17.6. The lowest BCUT2D eigenvalue weighted by Gasteiger charge is -2.63. The third-order valence-corrected chi connectivity index (χ3v) is 5.84. The Balaban J connectivity index is 0.000000461. The lowest BCUT2D eigenvalue weighted by atomic mass is 9.45. The van der Waals surface area contributed by atoms with Gasteiger partial charge in [0.2, 0.25) is 0 Å². The molecule has 1 spiro atoms. The minimum Gasteiger partial charge on any atom is -0.492 e. The summed E-state index contributed by atoms with van der Waals surface area (Å²) in [4.78, 5) is 0. The Morgan fingerprint density at radius 3 is 1.85 bits per heavy atom. The van der Waals surface area contributed by atoms with Gasteiger partial charge in [-0.2, -0.15) is 0 Å². The van der Waals surface area contributed by atoms with Gasteiger partial charge in [-0.3, -0.25) is 0 Å². The summed E-state index contributed by atoms with van der Waals surface area (Å²) >= 11 is 0. The molecule has 4 aliphatic rings. The molecule has 4 rings (SSSR count). The van der Waals surface area contributed by atoms with Gasteiger partial charge >= 0.3 is 0 Å². The smallest absolute Gasteiger partial charge is 0.109 e. The molecule has 118 valence electrons. The Kier molecular flexibility index (Phi) is 5.75. The molecule has 2 unspecified atom stereocenters. The Hall–Kier alpha value is -0.460. The second-order valence-corrected chi connectivity index (χ2v) is 6.98. The molecule has 0 amide bonds. The summed E-state index contributed by atoms with van der Waals surface area (Å²) in [5.74, 6) is 3.04. The zero-order valence-electron chi connectivity index (χ0n) is 15.1. The zero-order chi connectivity index (χ0) is 15.6. The molecule has 1 nitrogen and oxygen atoms in total. The molecule has 20 heavy (non-hydrogen) atoms. The minimum atomic E-state index is 0.229. The van der Waals surface area contributed by atoms with Crippen molar-refractivity contribution in [2.24, 2.45) is 17.3 Å². The molecular weight excluding hydrogens is 244 g/mol. The highest BCUT2D eigenvalue weighted by Crippen LogP contribution is 2.64. The molecule has 0 aromatic heterocycles. The largest absolute Gasteiger partial charge is 0.492 e. The van der Waals surface area contributed by atoms with Crippen LogP contribution in [0, 0.1) is 17.3 Å². The highest BCUT2D eigenvalue weighted by Gasteiger charge is 2.59. The van der Waals surface area contributed by atoms with Gasteiger partial charge in [-0.25, -0.2) is 0 Å². The molecule has 1 heterocycles. The van der Waals surface area contributed by atoms with E-state index in [1.807, 2.05) is 27.7 Å². The number of ether oxygens (including phenoxy) is 1. The van der Waals surface area contributed by atoms with E-state index in [2.05, 4.69) is 27.7 Å². The van der Waals surface area contributed by atoms with Crippen molar-refractivity contribution in [1.82, 2.24) is 0 Å². The summed E-state index contributed by atoms with van der Waals surface area (Å²) in [5, 5.41) is 0. The molecule has 0 aromatic carbocycles. The van der Waals surface area contributed by atoms with E-state index in [0.717, 1.165) is 11.8 Å². The highest BCUT2D eigenvalue weighted by molar-refractivity contribution is 5.15. The number of rotatable bonds is 0. The molecular formula is C19H36O. The zero-order valence-corrected chi connectivity index (χ0v) is 15.1. The van der Waals surface area contributed by atoms with Gasteiger partial charge in [-0.1, -0.05) is 41.5 Å². The maximum Gasteiger partial charge on any atom is 0.109 e. The van der Waals surface area contributed by atoms with Crippen molar-refractivity contribution in [2.75, 3.05) is 0 Å². The van der Waals surface area contributed by atoms with Crippen molar-refractivity contribution < 1.29 is 4.74 Å². The van der Waals surface area contributed by atoms with E-state index in [-0.39, 0.29) is 5.60 Å². The lowest BCUT2D eigenvalue weighted by molar-refractivity contribution is -0.181. The van der Waals surface area contributed by atoms with E-state index in [1.165, 1.54) is 43.4 Å². The maximum atomic E-state index is 6.30. The van der Waals surface area contributed by atoms with Gasteiger partial charge in [-0.15, -0.1) is 0 Å². The summed E-state index contributed by atoms with van der Waals surface area (Å²) in [7, 11) is 0. The molecule has 1 heteroatoms. The van der Waals surface area contributed by atoms with Crippen LogP contribution in [0.4, 0.5) is 0 Å². The highest BCUT2D eigenvalue weighted by atomic mass is 16.5. The van der Waals surface area contributed by atoms with Gasteiger partial charge < -0.3 is 4.74 Å². The van der Waals surface area contributed by atoms with Crippen LogP contribution in [0.15, 0.2) is 11.3 Å². The van der Waals surface area contributed by atoms with Gasteiger partial charge in [0.1, 0.15) is 5.60 Å². The average molecular weight is 280 g/mol. The fraction of sp³-hybridized carbons (Fsp3) is 0.895. The van der Waals surface area contributed by atoms with Crippen molar-refractivity contribution >= 4 is 0 Å². The number of hydrogen-bond donors (Lipinski definition) is 0. The first-order chi connectivity index (χ1) is 9.43. The van der Waals surface area contributed by atoms with E-state index in [9.17, 15) is 0 Å². The monoisotopic (exact) mass is 280 g/mol. The molecule has 2 atom stereocenters. The van der Waals surface area contributed by atoms with E-state index in [1.54, 1.807) is 0 Å². The molecule has 3 fully saturated rings. The molecule has 0 aromatic rings. The quantitative estimate of drug-likeness (QED) is 0.503. The molecule has 0 saturated heterocycles. The third kappa shape index (κ3) is 2.92. The predicted octanol–water partition coefficient (Wildman–Crippen LogP) is 6.34. The summed E-state index contributed by atoms with van der Waals surface area (Å²) in [5.41, 5.74) is 2.29. The van der Waals surface area contributed by atoms with Crippen molar-refractivity contribution in [3.05, 3.63) is 11.3 Å². The van der Waals surface area contributed by atoms with Crippen molar-refractivity contribution in [1.29, 1.82) is 0 Å². The van der Waals surface area contributed by atoms with Gasteiger partial charge in [-0.05, 0) is 68.8 Å². The predicted molar refractivity (Wildman–Crippen MR) is 88.7 cm³/mol. The van der Waals surface area contributed by atoms with Gasteiger partial charge in [0.05, 0.1) is 5.76 Å². The van der Waals surface area contributed by atoms with Gasteiger partial charge in [0.25, 0.3) is 0 Å². The van der Waals surface area contributed by atoms with E-state index < -0.39 is 0 Å². The first-order valence-electron chi connectivity index (χ1n) is 8.78. The summed E-state index contributed by atoms with van der Waals surface area (Å²) in [6.07, 6.45) is 6.59. The van der Waals surface area contributed by atoms with Crippen LogP contribution in [0.2, 0.25) is 0 Å². The molecule has 3 saturated carbocycles. The van der Waals surface area contributed by atoms with Crippen LogP contribution in [0.25, 0.3) is 0 Å². The lowest BCUT2D eigenvalue weighted by Crippen LogP contribution is -2.58. The van der Waals surface area contributed by atoms with Crippen LogP contribution in [0.5, 0.6) is 0 Å². The van der Waals surface area contributed by atoms with Crippen molar-refractivity contribution in [3.8, 4) is 0 Å². The number of hydrogen-bond acceptors (Lipinski definition) is 1. The molecule has 1 aliphatic heterocycles. The molecule has 3 aliphatic carbocycles. The maximum absolute atomic E-state index is 6.30. The van der Waals surface area contributed by atoms with E-state index in [4.69, 9.17) is 4.74 Å². The van der Waals surface area contributed by atoms with E-state index in [0.29, 0.717) is 5.41 Å². The second kappa shape index (κ2) is 6.54. The fourth-order valence-electron chi connectivity index (χ4n) is 4.14.